The van der Waals surface area contributed by atoms with Crippen molar-refractivity contribution in [2.45, 2.75) is 58.4 Å². The van der Waals surface area contributed by atoms with Gasteiger partial charge in [-0.15, -0.1) is 11.8 Å². The molecule has 7 nitrogen and oxygen atoms in total. The molecule has 0 spiro atoms. The van der Waals surface area contributed by atoms with Gasteiger partial charge in [0.15, 0.2) is 5.75 Å². The van der Waals surface area contributed by atoms with Gasteiger partial charge in [-0.3, -0.25) is 0 Å². The number of halogens is 3. The fourth-order valence-electron chi connectivity index (χ4n) is 3.98. The minimum atomic E-state index is -4.90. The van der Waals surface area contributed by atoms with E-state index in [2.05, 4.69) is 0 Å². The highest BCUT2D eigenvalue weighted by Crippen LogP contribution is 2.50. The van der Waals surface area contributed by atoms with Crippen LogP contribution < -0.4 is 13.8 Å². The van der Waals surface area contributed by atoms with E-state index in [4.69, 9.17) is 9.47 Å². The van der Waals surface area contributed by atoms with Gasteiger partial charge >= 0.3 is 6.18 Å². The van der Waals surface area contributed by atoms with Gasteiger partial charge in [0.05, 0.1) is 43.6 Å². The number of rotatable bonds is 11. The maximum atomic E-state index is 14.3. The van der Waals surface area contributed by atoms with Crippen molar-refractivity contribution in [3.63, 3.8) is 0 Å². The van der Waals surface area contributed by atoms with E-state index in [0.29, 0.717) is 27.1 Å². The summed E-state index contributed by atoms with van der Waals surface area (Å²) in [7, 11) is -3.13. The molecule has 0 aliphatic carbocycles. The Labute approximate surface area is 219 Å². The van der Waals surface area contributed by atoms with Gasteiger partial charge in [-0.05, 0) is 43.9 Å². The molecule has 206 valence electrons. The zero-order valence-electron chi connectivity index (χ0n) is 21.6. The molecule has 0 unspecified atom stereocenters. The van der Waals surface area contributed by atoms with Gasteiger partial charge in [0.25, 0.3) is 0 Å². The van der Waals surface area contributed by atoms with Crippen LogP contribution >= 0.6 is 11.8 Å². The number of methoxy groups -OCH3 is 1. The van der Waals surface area contributed by atoms with E-state index in [1.807, 2.05) is 0 Å². The second kappa shape index (κ2) is 12.4. The molecule has 0 bridgehead atoms. The molecule has 0 atom stereocenters. The molecule has 0 aromatic heterocycles. The molecule has 0 amide bonds. The number of allylic oxidation sites excluding steroid dienone is 2. The fraction of sp³-hybridized carbons (Fsp3) is 0.440. The van der Waals surface area contributed by atoms with Crippen LogP contribution in [-0.2, 0) is 29.4 Å². The maximum absolute atomic E-state index is 14.3. The molecule has 2 rings (SSSR count). The van der Waals surface area contributed by atoms with Crippen LogP contribution in [-0.4, -0.2) is 37.7 Å². The lowest BCUT2D eigenvalue weighted by Crippen LogP contribution is -2.29. The number of sulfonamides is 1. The molecule has 0 fully saturated rings. The SMILES string of the molecule is CC=C(CC)Oc1c(C)c(OC)c(CO)c(CO)c1N(c1ccc(SCC)cc1C(F)(F)F)S(C)(=O)=O. The smallest absolute Gasteiger partial charge is 0.418 e. The Kier molecular flexibility index (Phi) is 10.3. The molecule has 0 radical (unpaired) electrons. The van der Waals surface area contributed by atoms with E-state index in [-0.39, 0.29) is 33.9 Å². The standard InChI is InChI=1S/C25H32F3NO6S2/c1-7-16(8-2)35-24-15(4)23(34-5)19(14-31)18(13-30)22(24)29(37(6,32)33)21-11-10-17(36-9-3)12-20(21)25(26,27)28/h7,10-12,30-31H,8-9,13-14H2,1-6H3. The van der Waals surface area contributed by atoms with Crippen molar-refractivity contribution in [1.82, 2.24) is 0 Å². The average Bonchev–Trinajstić information content (AvgIpc) is 2.83. The lowest BCUT2D eigenvalue weighted by molar-refractivity contribution is -0.137. The van der Waals surface area contributed by atoms with Crippen LogP contribution in [0.15, 0.2) is 34.9 Å². The number of anilines is 2. The Bertz CT molecular complexity index is 1260. The van der Waals surface area contributed by atoms with E-state index in [0.717, 1.165) is 18.4 Å². The Morgan fingerprint density at radius 1 is 1.14 bits per heavy atom. The van der Waals surface area contributed by atoms with E-state index in [9.17, 15) is 31.8 Å². The summed E-state index contributed by atoms with van der Waals surface area (Å²) in [4.78, 5) is 0.315. The summed E-state index contributed by atoms with van der Waals surface area (Å²) in [5.74, 6) is 0.931. The first-order chi connectivity index (χ1) is 17.3. The quantitative estimate of drug-likeness (QED) is 0.259. The van der Waals surface area contributed by atoms with Crippen LogP contribution in [0, 0.1) is 6.92 Å². The third-order valence-corrected chi connectivity index (χ3v) is 7.50. The van der Waals surface area contributed by atoms with Crippen LogP contribution in [0.3, 0.4) is 0 Å². The van der Waals surface area contributed by atoms with Gasteiger partial charge in [0, 0.05) is 28.0 Å². The first-order valence-electron chi connectivity index (χ1n) is 11.4. The topological polar surface area (TPSA) is 96.3 Å². The van der Waals surface area contributed by atoms with Crippen LogP contribution in [0.5, 0.6) is 11.5 Å². The molecule has 0 aliphatic rings. The van der Waals surface area contributed by atoms with E-state index in [1.165, 1.54) is 31.9 Å². The second-order valence-corrected chi connectivity index (χ2v) is 11.1. The molecule has 0 saturated heterocycles. The lowest BCUT2D eigenvalue weighted by Gasteiger charge is -2.32. The first kappa shape index (κ1) is 30.8. The van der Waals surface area contributed by atoms with Crippen LogP contribution in [0.25, 0.3) is 0 Å². The molecule has 2 aromatic rings. The number of alkyl halides is 3. The Morgan fingerprint density at radius 3 is 2.19 bits per heavy atom. The zero-order chi connectivity index (χ0) is 28.1. The number of aliphatic hydroxyl groups is 2. The summed E-state index contributed by atoms with van der Waals surface area (Å²) in [6.45, 7) is 5.32. The first-order valence-corrected chi connectivity index (χ1v) is 14.2. The number of ether oxygens (including phenoxy) is 2. The van der Waals surface area contributed by atoms with Crippen LogP contribution in [0.4, 0.5) is 24.5 Å². The summed E-state index contributed by atoms with van der Waals surface area (Å²) in [6, 6.07) is 3.39. The van der Waals surface area contributed by atoms with Gasteiger partial charge in [-0.25, -0.2) is 12.7 Å². The normalized spacial score (nSPS) is 12.6. The summed E-state index contributed by atoms with van der Waals surface area (Å²) in [6.07, 6.45) is -2.11. The molecule has 2 aromatic carbocycles. The molecule has 37 heavy (non-hydrogen) atoms. The minimum absolute atomic E-state index is 0.0312. The Morgan fingerprint density at radius 2 is 1.76 bits per heavy atom. The predicted molar refractivity (Wildman–Crippen MR) is 139 cm³/mol. The average molecular weight is 564 g/mol. The molecule has 0 heterocycles. The largest absolute Gasteiger partial charge is 0.496 e. The lowest BCUT2D eigenvalue weighted by atomic mass is 9.98. The monoisotopic (exact) mass is 563 g/mol. The molecule has 12 heteroatoms. The summed E-state index contributed by atoms with van der Waals surface area (Å²) in [5, 5.41) is 20.5. The Hall–Kier alpha value is -2.41. The van der Waals surface area contributed by atoms with Crippen LogP contribution in [0.2, 0.25) is 0 Å². The highest BCUT2D eigenvalue weighted by Gasteiger charge is 2.40. The van der Waals surface area contributed by atoms with Gasteiger partial charge in [0.2, 0.25) is 10.0 Å². The minimum Gasteiger partial charge on any atom is -0.496 e. The van der Waals surface area contributed by atoms with E-state index >= 15 is 0 Å². The van der Waals surface area contributed by atoms with Gasteiger partial charge in [-0.1, -0.05) is 13.8 Å². The number of hydrogen-bond acceptors (Lipinski definition) is 7. The van der Waals surface area contributed by atoms with Crippen molar-refractivity contribution in [2.24, 2.45) is 0 Å². The highest BCUT2D eigenvalue weighted by atomic mass is 32.2. The number of thioether (sulfide) groups is 1. The van der Waals surface area contributed by atoms with Crippen molar-refractivity contribution in [1.29, 1.82) is 0 Å². The van der Waals surface area contributed by atoms with Crippen molar-refractivity contribution < 1.29 is 41.3 Å². The van der Waals surface area contributed by atoms with Crippen molar-refractivity contribution >= 4 is 33.2 Å². The zero-order valence-corrected chi connectivity index (χ0v) is 23.2. The van der Waals surface area contributed by atoms with Gasteiger partial charge < -0.3 is 19.7 Å². The fourth-order valence-corrected chi connectivity index (χ4v) is 5.72. The third kappa shape index (κ3) is 6.54. The third-order valence-electron chi connectivity index (χ3n) is 5.58. The number of nitrogens with zero attached hydrogens (tertiary/aromatic N) is 1. The molecule has 0 aliphatic heterocycles. The van der Waals surface area contributed by atoms with Gasteiger partial charge in [-0.2, -0.15) is 13.2 Å². The molecular weight excluding hydrogens is 531 g/mol. The number of hydrogen-bond donors (Lipinski definition) is 2. The second-order valence-electron chi connectivity index (χ2n) is 7.96. The van der Waals surface area contributed by atoms with Crippen molar-refractivity contribution in [3.05, 3.63) is 52.3 Å². The van der Waals surface area contributed by atoms with Crippen molar-refractivity contribution in [3.8, 4) is 11.5 Å². The number of benzene rings is 2. The Balaban J connectivity index is 3.17. The predicted octanol–water partition coefficient (Wildman–Crippen LogP) is 5.91. The summed E-state index contributed by atoms with van der Waals surface area (Å²) < 4.78 is 81.4. The summed E-state index contributed by atoms with van der Waals surface area (Å²) in [5.41, 5.74) is -2.04. The van der Waals surface area contributed by atoms with Gasteiger partial charge in [0.1, 0.15) is 11.4 Å². The summed E-state index contributed by atoms with van der Waals surface area (Å²) >= 11 is 1.18. The highest BCUT2D eigenvalue weighted by molar-refractivity contribution is 7.99. The molecule has 0 saturated carbocycles. The molecule has 2 N–H and O–H groups in total. The van der Waals surface area contributed by atoms with E-state index < -0.39 is 40.7 Å². The number of aliphatic hydroxyl groups excluding tert-OH is 2. The maximum Gasteiger partial charge on any atom is 0.418 e. The van der Waals surface area contributed by atoms with Crippen molar-refractivity contribution in [2.75, 3.05) is 23.4 Å². The van der Waals surface area contributed by atoms with Crippen LogP contribution in [0.1, 0.15) is 49.4 Å². The molecular formula is C25H32F3NO6S2. The van der Waals surface area contributed by atoms with E-state index in [1.54, 1.807) is 26.8 Å².